The Kier molecular flexibility index (Phi) is 17.8. The third-order valence-electron chi connectivity index (χ3n) is 6.13. The lowest BCUT2D eigenvalue weighted by atomic mass is 10.2. The number of amides is 1. The molecule has 0 saturated carbocycles. The van der Waals surface area contributed by atoms with Crippen LogP contribution in [-0.4, -0.2) is 65.3 Å². The number of non-ortho nitro benzene ring substituents is 2. The van der Waals surface area contributed by atoms with Crippen molar-refractivity contribution in [3.8, 4) is 0 Å². The molecule has 264 valence electrons. The molecule has 19 nitrogen and oxygen atoms in total. The van der Waals surface area contributed by atoms with E-state index in [0.717, 1.165) is 18.5 Å². The first-order valence-electron chi connectivity index (χ1n) is 14.3. The van der Waals surface area contributed by atoms with E-state index in [0.29, 0.717) is 11.4 Å². The quantitative estimate of drug-likeness (QED) is 0.0820. The number of nitrogens with zero attached hydrogens (tertiary/aromatic N) is 7. The Morgan fingerprint density at radius 1 is 0.640 bits per heavy atom. The first kappa shape index (κ1) is 41.6. The van der Waals surface area contributed by atoms with Gasteiger partial charge in [0.05, 0.1) is 19.7 Å². The normalized spacial score (nSPS) is 9.70. The summed E-state index contributed by atoms with van der Waals surface area (Å²) in [4.78, 5) is 70.8. The van der Waals surface area contributed by atoms with Gasteiger partial charge in [-0.1, -0.05) is 20.8 Å². The van der Waals surface area contributed by atoms with Crippen molar-refractivity contribution < 1.29 is 29.3 Å². The van der Waals surface area contributed by atoms with E-state index in [-0.39, 0.29) is 34.1 Å². The molecule has 2 aromatic heterocycles. The molecule has 0 aliphatic carbocycles. The van der Waals surface area contributed by atoms with Crippen LogP contribution < -0.4 is 11.1 Å². The molecule has 0 atom stereocenters. The van der Waals surface area contributed by atoms with E-state index in [1.165, 1.54) is 86.4 Å². The van der Waals surface area contributed by atoms with Gasteiger partial charge in [0, 0.05) is 47.8 Å². The summed E-state index contributed by atoms with van der Waals surface area (Å²) in [5.74, 6) is -0.571. The number of benzene rings is 2. The fourth-order valence-electron chi connectivity index (χ4n) is 3.37. The molecule has 0 fully saturated rings. The van der Waals surface area contributed by atoms with Crippen LogP contribution in [0.5, 0.6) is 0 Å². The van der Waals surface area contributed by atoms with Crippen LogP contribution in [0, 0.1) is 40.5 Å². The van der Waals surface area contributed by atoms with Crippen molar-refractivity contribution in [1.82, 2.24) is 14.9 Å². The zero-order valence-electron chi connectivity index (χ0n) is 26.9. The minimum Gasteiger partial charge on any atom is -0.399 e. The van der Waals surface area contributed by atoms with Crippen molar-refractivity contribution in [2.24, 2.45) is 0 Å². The lowest BCUT2D eigenvalue weighted by Crippen LogP contribution is -2.21. The van der Waals surface area contributed by atoms with Gasteiger partial charge < -0.3 is 16.0 Å². The molecule has 0 spiro atoms. The van der Waals surface area contributed by atoms with E-state index < -0.39 is 30.8 Å². The fourth-order valence-corrected chi connectivity index (χ4v) is 3.48. The van der Waals surface area contributed by atoms with Crippen LogP contribution in [0.1, 0.15) is 41.7 Å². The van der Waals surface area contributed by atoms with Crippen LogP contribution in [-0.2, 0) is 0 Å². The van der Waals surface area contributed by atoms with Gasteiger partial charge in [-0.2, -0.15) is 0 Å². The Labute approximate surface area is 289 Å². The highest BCUT2D eigenvalue weighted by Crippen LogP contribution is 2.17. The van der Waals surface area contributed by atoms with Gasteiger partial charge >= 0.3 is 0 Å². The highest BCUT2D eigenvalue weighted by molar-refractivity contribution is 6.67. The molecule has 0 bridgehead atoms. The Bertz CT molecular complexity index is 1700. The standard InChI is InChI=1S/C12H8N4O5.C6H3ClN2O3.C6H6N2O2.C6H15N/c17-12(11-6-5-10(7-13-11)16(20)21)14-8-1-3-9(4-2-8)15(18)19;7-6(10)5-2-1-4(3-8-5)9(11)12;7-5-1-3-6(4-2-5)8(9)10;1-4-7(5-2)6-3/h1-7H,(H,14,17);1-3H;1-4H,7H2;4-6H2,1-3H3. The van der Waals surface area contributed by atoms with Gasteiger partial charge in [0.15, 0.2) is 0 Å². The molecule has 0 radical (unpaired) electrons. The topological polar surface area (TPSA) is 274 Å². The Morgan fingerprint density at radius 3 is 1.30 bits per heavy atom. The molecule has 20 heteroatoms. The van der Waals surface area contributed by atoms with E-state index in [2.05, 4.69) is 41.0 Å². The fraction of sp³-hybridized carbons (Fsp3) is 0.200. The molecule has 50 heavy (non-hydrogen) atoms. The predicted molar refractivity (Wildman–Crippen MR) is 184 cm³/mol. The Balaban J connectivity index is 0.000000366. The van der Waals surface area contributed by atoms with E-state index in [4.69, 9.17) is 17.3 Å². The van der Waals surface area contributed by atoms with E-state index >= 15 is 0 Å². The first-order chi connectivity index (χ1) is 23.6. The molecular weight excluding hydrogens is 682 g/mol. The van der Waals surface area contributed by atoms with E-state index in [1.807, 2.05) is 0 Å². The van der Waals surface area contributed by atoms with Crippen LogP contribution >= 0.6 is 11.6 Å². The highest BCUT2D eigenvalue weighted by atomic mass is 35.5. The van der Waals surface area contributed by atoms with Crippen molar-refractivity contribution in [1.29, 1.82) is 0 Å². The van der Waals surface area contributed by atoms with Crippen molar-refractivity contribution in [2.45, 2.75) is 20.8 Å². The number of nitrogens with one attached hydrogen (secondary N) is 1. The van der Waals surface area contributed by atoms with Gasteiger partial charge in [-0.15, -0.1) is 0 Å². The number of hydrogen-bond donors (Lipinski definition) is 2. The van der Waals surface area contributed by atoms with Gasteiger partial charge in [0.25, 0.3) is 33.9 Å². The third-order valence-corrected chi connectivity index (χ3v) is 6.33. The molecule has 2 aromatic carbocycles. The Morgan fingerprint density at radius 2 is 1.00 bits per heavy atom. The second-order valence-corrected chi connectivity index (χ2v) is 9.66. The van der Waals surface area contributed by atoms with E-state index in [9.17, 15) is 50.0 Å². The number of nitrogen functional groups attached to an aromatic ring is 1. The number of rotatable bonds is 10. The number of hydrogen-bond acceptors (Lipinski definition) is 14. The maximum absolute atomic E-state index is 11.8. The molecule has 2 heterocycles. The third kappa shape index (κ3) is 15.0. The lowest BCUT2D eigenvalue weighted by Gasteiger charge is -2.13. The van der Waals surface area contributed by atoms with Gasteiger partial charge in [0.1, 0.15) is 23.8 Å². The van der Waals surface area contributed by atoms with Gasteiger partial charge in [-0.3, -0.25) is 50.0 Å². The number of carbonyl (C=O) groups excluding carboxylic acids is 2. The summed E-state index contributed by atoms with van der Waals surface area (Å²) < 4.78 is 0. The molecule has 4 rings (SSSR count). The number of pyridine rings is 2. The number of nitro groups is 4. The van der Waals surface area contributed by atoms with Gasteiger partial charge in [-0.25, -0.2) is 9.97 Å². The first-order valence-corrected chi connectivity index (χ1v) is 14.7. The summed E-state index contributed by atoms with van der Waals surface area (Å²) in [6.45, 7) is 10.1. The molecule has 0 unspecified atom stereocenters. The van der Waals surface area contributed by atoms with Gasteiger partial charge in [-0.05, 0) is 67.6 Å². The monoisotopic (exact) mass is 713 g/mol. The summed E-state index contributed by atoms with van der Waals surface area (Å²) in [7, 11) is 0. The molecule has 3 N–H and O–H groups in total. The number of nitrogens with two attached hydrogens (primary N) is 1. The minimum atomic E-state index is -0.732. The van der Waals surface area contributed by atoms with Crippen LogP contribution in [0.15, 0.2) is 85.2 Å². The number of carbonyl (C=O) groups is 2. The lowest BCUT2D eigenvalue weighted by molar-refractivity contribution is -0.385. The molecule has 1 amide bonds. The van der Waals surface area contributed by atoms with Crippen molar-refractivity contribution >= 4 is 56.9 Å². The zero-order chi connectivity index (χ0) is 37.8. The van der Waals surface area contributed by atoms with E-state index in [1.54, 1.807) is 0 Å². The highest BCUT2D eigenvalue weighted by Gasteiger charge is 2.12. The SMILES string of the molecule is CCN(CC)CC.Nc1ccc([N+](=O)[O-])cc1.O=C(Cl)c1ccc([N+](=O)[O-])cn1.O=C(Nc1ccc([N+](=O)[O-])cc1)c1ccc([N+](=O)[O-])cn1. The minimum absolute atomic E-state index is 0.000970. The summed E-state index contributed by atoms with van der Waals surface area (Å²) >= 11 is 5.06. The largest absolute Gasteiger partial charge is 0.399 e. The summed E-state index contributed by atoms with van der Waals surface area (Å²) in [6, 6.07) is 15.7. The van der Waals surface area contributed by atoms with Crippen molar-refractivity contribution in [3.05, 3.63) is 137 Å². The number of halogens is 1. The molecule has 0 saturated heterocycles. The molecule has 0 aliphatic rings. The van der Waals surface area contributed by atoms with Crippen LogP contribution in [0.4, 0.5) is 34.1 Å². The average Bonchev–Trinajstić information content (AvgIpc) is 3.10. The second kappa shape index (κ2) is 21.4. The number of nitro benzene ring substituents is 2. The van der Waals surface area contributed by atoms with Crippen molar-refractivity contribution in [2.75, 3.05) is 30.7 Å². The maximum atomic E-state index is 11.8. The summed E-state index contributed by atoms with van der Waals surface area (Å²) in [5.41, 5.74) is 5.77. The Hall–Kier alpha value is -6.47. The molecule has 0 aliphatic heterocycles. The van der Waals surface area contributed by atoms with Crippen LogP contribution in [0.25, 0.3) is 0 Å². The second-order valence-electron chi connectivity index (χ2n) is 9.32. The zero-order valence-corrected chi connectivity index (χ0v) is 27.6. The summed E-state index contributed by atoms with van der Waals surface area (Å²) in [5, 5.41) is 42.9. The maximum Gasteiger partial charge on any atom is 0.287 e. The molecular formula is C30H32ClN9O10. The average molecular weight is 714 g/mol. The van der Waals surface area contributed by atoms with Crippen LogP contribution in [0.3, 0.4) is 0 Å². The summed E-state index contributed by atoms with van der Waals surface area (Å²) in [6.07, 6.45) is 1.96. The number of anilines is 2. The molecule has 4 aromatic rings. The smallest absolute Gasteiger partial charge is 0.287 e. The van der Waals surface area contributed by atoms with Crippen molar-refractivity contribution in [3.63, 3.8) is 0 Å². The number of aromatic nitrogens is 2. The van der Waals surface area contributed by atoms with Crippen LogP contribution in [0.2, 0.25) is 0 Å². The van der Waals surface area contributed by atoms with Gasteiger partial charge in [0.2, 0.25) is 0 Å². The predicted octanol–water partition coefficient (Wildman–Crippen LogP) is 6.04.